The highest BCUT2D eigenvalue weighted by molar-refractivity contribution is 5.85. The van der Waals surface area contributed by atoms with E-state index in [0.717, 1.165) is 23.1 Å². The zero-order chi connectivity index (χ0) is 17.3. The minimum Gasteiger partial charge on any atom is -0.494 e. The highest BCUT2D eigenvalue weighted by Gasteiger charge is 2.30. The number of nitrogens with zero attached hydrogens (tertiary/aromatic N) is 1. The van der Waals surface area contributed by atoms with Crippen molar-refractivity contribution < 1.29 is 9.13 Å². The molecule has 3 rings (SSSR count). The first-order chi connectivity index (χ1) is 11.5. The first-order valence-electron chi connectivity index (χ1n) is 8.40. The van der Waals surface area contributed by atoms with E-state index in [2.05, 4.69) is 17.2 Å². The van der Waals surface area contributed by atoms with Crippen molar-refractivity contribution in [1.29, 1.82) is 0 Å². The van der Waals surface area contributed by atoms with E-state index in [4.69, 9.17) is 10.5 Å². The van der Waals surface area contributed by atoms with Crippen molar-refractivity contribution in [2.24, 2.45) is 5.92 Å². The van der Waals surface area contributed by atoms with E-state index in [1.165, 1.54) is 26.0 Å². The van der Waals surface area contributed by atoms with Gasteiger partial charge in [0.05, 0.1) is 12.8 Å². The Morgan fingerprint density at radius 2 is 2.12 bits per heavy atom. The number of benzene rings is 1. The lowest BCUT2D eigenvalue weighted by Crippen LogP contribution is -2.22. The van der Waals surface area contributed by atoms with Crippen LogP contribution in [0.5, 0.6) is 5.75 Å². The first-order valence-corrected chi connectivity index (χ1v) is 8.40. The summed E-state index contributed by atoms with van der Waals surface area (Å²) in [5, 5.41) is 3.47. The lowest BCUT2D eigenvalue weighted by Gasteiger charge is -2.20. The molecule has 1 unspecified atom stereocenters. The second-order valence-corrected chi connectivity index (χ2v) is 6.42. The number of nitrogens with two attached hydrogens (primary N) is 1. The van der Waals surface area contributed by atoms with E-state index in [1.807, 2.05) is 13.0 Å². The highest BCUT2D eigenvalue weighted by Crippen LogP contribution is 2.38. The van der Waals surface area contributed by atoms with Crippen LogP contribution in [0.3, 0.4) is 0 Å². The summed E-state index contributed by atoms with van der Waals surface area (Å²) in [5.74, 6) is 1.23. The number of ether oxygens (including phenoxy) is 1. The fourth-order valence-electron chi connectivity index (χ4n) is 3.15. The highest BCUT2D eigenvalue weighted by atomic mass is 19.1. The summed E-state index contributed by atoms with van der Waals surface area (Å²) < 4.78 is 19.2. The third-order valence-corrected chi connectivity index (χ3v) is 4.73. The van der Waals surface area contributed by atoms with Gasteiger partial charge in [-0.2, -0.15) is 0 Å². The van der Waals surface area contributed by atoms with Gasteiger partial charge in [0.15, 0.2) is 11.6 Å². The molecule has 0 saturated heterocycles. The van der Waals surface area contributed by atoms with Gasteiger partial charge in [-0.05, 0) is 61.4 Å². The average molecular weight is 329 g/mol. The van der Waals surface area contributed by atoms with E-state index in [9.17, 15) is 4.39 Å². The van der Waals surface area contributed by atoms with Gasteiger partial charge in [0.2, 0.25) is 0 Å². The molecule has 0 amide bonds. The van der Waals surface area contributed by atoms with Crippen molar-refractivity contribution in [3.63, 3.8) is 0 Å². The summed E-state index contributed by atoms with van der Waals surface area (Å²) in [7, 11) is 1.46. The molecule has 0 radical (unpaired) electrons. The molecule has 5 heteroatoms. The van der Waals surface area contributed by atoms with Gasteiger partial charge in [0.25, 0.3) is 0 Å². The molecule has 1 fully saturated rings. The number of hydrogen-bond donors (Lipinski definition) is 2. The number of methoxy groups -OCH3 is 1. The van der Waals surface area contributed by atoms with Crippen LogP contribution in [0, 0.1) is 18.7 Å². The number of nitrogen functional groups attached to an aromatic ring is 1. The van der Waals surface area contributed by atoms with Gasteiger partial charge in [-0.25, -0.2) is 9.37 Å². The molecule has 3 N–H and O–H groups in total. The molecule has 0 aliphatic heterocycles. The minimum absolute atomic E-state index is 0.238. The largest absolute Gasteiger partial charge is 0.494 e. The molecule has 4 nitrogen and oxygen atoms in total. The quantitative estimate of drug-likeness (QED) is 0.825. The normalized spacial score (nSPS) is 15.2. The van der Waals surface area contributed by atoms with Gasteiger partial charge in [-0.3, -0.25) is 0 Å². The number of pyridine rings is 1. The molecular weight excluding hydrogens is 305 g/mol. The fraction of sp³-hybridized carbons (Fsp3) is 0.421. The number of nitrogens with one attached hydrogen (secondary N) is 1. The predicted octanol–water partition coefficient (Wildman–Crippen LogP) is 4.39. The molecule has 128 valence electrons. The number of hydrogen-bond acceptors (Lipinski definition) is 4. The molecule has 1 atom stereocenters. The standard InChI is InChI=1S/C19H24FN3O/c1-4-16(12-5-6-12)23-19-18(21)13(7-8-22-19)14-10-15(20)17(24-3)9-11(14)2/h7-10,12,16H,4-6,21H2,1-3H3,(H,22,23). The Labute approximate surface area is 142 Å². The van der Waals surface area contributed by atoms with Gasteiger partial charge in [0, 0.05) is 17.8 Å². The zero-order valence-electron chi connectivity index (χ0n) is 14.4. The van der Waals surface area contributed by atoms with E-state index in [-0.39, 0.29) is 5.75 Å². The summed E-state index contributed by atoms with van der Waals surface area (Å²) in [6, 6.07) is 5.38. The Morgan fingerprint density at radius 1 is 1.38 bits per heavy atom. The topological polar surface area (TPSA) is 60.2 Å². The third kappa shape index (κ3) is 3.16. The number of aromatic nitrogens is 1. The SMILES string of the molecule is CCC(Nc1nccc(-c2cc(F)c(OC)cc2C)c1N)C1CC1. The molecule has 1 aliphatic carbocycles. The van der Waals surface area contributed by atoms with Crippen molar-refractivity contribution in [2.75, 3.05) is 18.2 Å². The van der Waals surface area contributed by atoms with Crippen LogP contribution in [0.4, 0.5) is 15.9 Å². The van der Waals surface area contributed by atoms with Gasteiger partial charge in [-0.15, -0.1) is 0 Å². The molecule has 1 aromatic heterocycles. The summed E-state index contributed by atoms with van der Waals surface area (Å²) in [6.07, 6.45) is 5.27. The van der Waals surface area contributed by atoms with E-state index in [1.54, 1.807) is 12.3 Å². The molecule has 1 heterocycles. The molecule has 1 aromatic carbocycles. The molecule has 0 bridgehead atoms. The van der Waals surface area contributed by atoms with Crippen molar-refractivity contribution in [2.45, 2.75) is 39.2 Å². The summed E-state index contributed by atoms with van der Waals surface area (Å²) in [6.45, 7) is 4.09. The van der Waals surface area contributed by atoms with Gasteiger partial charge < -0.3 is 15.8 Å². The lowest BCUT2D eigenvalue weighted by molar-refractivity contribution is 0.386. The Kier molecular flexibility index (Phi) is 4.60. The van der Waals surface area contributed by atoms with Crippen molar-refractivity contribution in [1.82, 2.24) is 4.98 Å². The molecule has 2 aromatic rings. The smallest absolute Gasteiger partial charge is 0.165 e. The Balaban J connectivity index is 1.97. The van der Waals surface area contributed by atoms with Crippen LogP contribution in [0.2, 0.25) is 0 Å². The summed E-state index contributed by atoms with van der Waals surface area (Å²) in [4.78, 5) is 4.39. The van der Waals surface area contributed by atoms with Gasteiger partial charge >= 0.3 is 0 Å². The number of rotatable bonds is 6. The Bertz CT molecular complexity index is 744. The number of halogens is 1. The van der Waals surface area contributed by atoms with Gasteiger partial charge in [0.1, 0.15) is 5.82 Å². The van der Waals surface area contributed by atoms with Crippen LogP contribution < -0.4 is 15.8 Å². The Morgan fingerprint density at radius 3 is 2.75 bits per heavy atom. The van der Waals surface area contributed by atoms with Crippen molar-refractivity contribution >= 4 is 11.5 Å². The average Bonchev–Trinajstić information content (AvgIpc) is 3.41. The number of anilines is 2. The predicted molar refractivity (Wildman–Crippen MR) is 95.8 cm³/mol. The second-order valence-electron chi connectivity index (χ2n) is 6.42. The zero-order valence-corrected chi connectivity index (χ0v) is 14.4. The second kappa shape index (κ2) is 6.67. The van der Waals surface area contributed by atoms with E-state index >= 15 is 0 Å². The first kappa shape index (κ1) is 16.6. The van der Waals surface area contributed by atoms with Crippen LogP contribution in [0.15, 0.2) is 24.4 Å². The molecule has 24 heavy (non-hydrogen) atoms. The maximum Gasteiger partial charge on any atom is 0.165 e. The molecule has 1 aliphatic rings. The lowest BCUT2D eigenvalue weighted by atomic mass is 9.99. The van der Waals surface area contributed by atoms with Crippen molar-refractivity contribution in [3.05, 3.63) is 35.8 Å². The van der Waals surface area contributed by atoms with Crippen LogP contribution in [0.25, 0.3) is 11.1 Å². The van der Waals surface area contributed by atoms with Crippen LogP contribution >= 0.6 is 0 Å². The number of aryl methyl sites for hydroxylation is 1. The minimum atomic E-state index is -0.395. The van der Waals surface area contributed by atoms with Gasteiger partial charge in [-0.1, -0.05) is 6.92 Å². The van der Waals surface area contributed by atoms with Crippen LogP contribution in [-0.2, 0) is 0 Å². The summed E-state index contributed by atoms with van der Waals surface area (Å²) >= 11 is 0. The molecular formula is C19H24FN3O. The third-order valence-electron chi connectivity index (χ3n) is 4.73. The summed E-state index contributed by atoms with van der Waals surface area (Å²) in [5.41, 5.74) is 9.37. The maximum absolute atomic E-state index is 14.1. The molecule has 1 saturated carbocycles. The van der Waals surface area contributed by atoms with Crippen LogP contribution in [0.1, 0.15) is 31.7 Å². The van der Waals surface area contributed by atoms with Crippen molar-refractivity contribution in [3.8, 4) is 16.9 Å². The maximum atomic E-state index is 14.1. The van der Waals surface area contributed by atoms with Crippen LogP contribution in [-0.4, -0.2) is 18.1 Å². The fourth-order valence-corrected chi connectivity index (χ4v) is 3.15. The van der Waals surface area contributed by atoms with E-state index < -0.39 is 5.82 Å². The Hall–Kier alpha value is -2.30. The monoisotopic (exact) mass is 329 g/mol. The van der Waals surface area contributed by atoms with E-state index in [0.29, 0.717) is 23.5 Å². The molecule has 0 spiro atoms.